The van der Waals surface area contributed by atoms with Crippen LogP contribution < -0.4 is 0 Å². The summed E-state index contributed by atoms with van der Waals surface area (Å²) >= 11 is 0. The molecule has 0 bridgehead atoms. The summed E-state index contributed by atoms with van der Waals surface area (Å²) in [5, 5.41) is 0. The Balaban J connectivity index is 4.92. The van der Waals surface area contributed by atoms with Gasteiger partial charge in [0.15, 0.2) is 0 Å². The third kappa shape index (κ3) is 5.80. The van der Waals surface area contributed by atoms with Crippen molar-refractivity contribution >= 4 is 11.9 Å². The Labute approximate surface area is 95.2 Å². The van der Waals surface area contributed by atoms with E-state index in [1.165, 1.54) is 14.0 Å². The Bertz CT molecular complexity index is 337. The quantitative estimate of drug-likeness (QED) is 0.236. The van der Waals surface area contributed by atoms with E-state index in [-0.39, 0.29) is 5.76 Å². The summed E-state index contributed by atoms with van der Waals surface area (Å²) in [6, 6.07) is 0. The van der Waals surface area contributed by atoms with Gasteiger partial charge in [-0.3, -0.25) is 4.79 Å². The van der Waals surface area contributed by atoms with Crippen LogP contribution >= 0.6 is 0 Å². The van der Waals surface area contributed by atoms with Gasteiger partial charge in [0.05, 0.1) is 13.2 Å². The van der Waals surface area contributed by atoms with E-state index in [0.717, 1.165) is 6.08 Å². The van der Waals surface area contributed by atoms with Gasteiger partial charge in [-0.25, -0.2) is 4.79 Å². The highest BCUT2D eigenvalue weighted by Crippen LogP contribution is 2.12. The number of rotatable bonds is 5. The number of hydrogen-bond donors (Lipinski definition) is 0. The van der Waals surface area contributed by atoms with Crippen LogP contribution in [0.3, 0.4) is 0 Å². The minimum Gasteiger partial charge on any atom is -0.466 e. The summed E-state index contributed by atoms with van der Waals surface area (Å²) < 4.78 is 9.36. The van der Waals surface area contributed by atoms with Crippen LogP contribution in [0.25, 0.3) is 0 Å². The Kier molecular flexibility index (Phi) is 6.59. The highest BCUT2D eigenvalue weighted by molar-refractivity contribution is 5.84. The van der Waals surface area contributed by atoms with Gasteiger partial charge in [0.25, 0.3) is 0 Å². The SMILES string of the molecule is C=CCC=C(C)C(=CC(=O)OC)OC(C)=O. The summed E-state index contributed by atoms with van der Waals surface area (Å²) in [6.45, 7) is 6.57. The molecule has 0 aliphatic heterocycles. The van der Waals surface area contributed by atoms with Crippen LogP contribution in [0.4, 0.5) is 0 Å². The fourth-order valence-corrected chi connectivity index (χ4v) is 0.905. The Morgan fingerprint density at radius 2 is 1.94 bits per heavy atom. The average Bonchev–Trinajstić information content (AvgIpc) is 2.24. The van der Waals surface area contributed by atoms with Crippen molar-refractivity contribution in [1.29, 1.82) is 0 Å². The van der Waals surface area contributed by atoms with E-state index in [4.69, 9.17) is 4.74 Å². The smallest absolute Gasteiger partial charge is 0.334 e. The van der Waals surface area contributed by atoms with Crippen LogP contribution in [0, 0.1) is 0 Å². The molecule has 0 aromatic carbocycles. The molecule has 0 rings (SSSR count). The van der Waals surface area contributed by atoms with Crippen molar-refractivity contribution in [2.24, 2.45) is 0 Å². The maximum Gasteiger partial charge on any atom is 0.334 e. The molecule has 16 heavy (non-hydrogen) atoms. The molecule has 4 nitrogen and oxygen atoms in total. The first kappa shape index (κ1) is 14.2. The van der Waals surface area contributed by atoms with Crippen LogP contribution in [0.1, 0.15) is 20.3 Å². The topological polar surface area (TPSA) is 52.6 Å². The largest absolute Gasteiger partial charge is 0.466 e. The monoisotopic (exact) mass is 224 g/mol. The highest BCUT2D eigenvalue weighted by atomic mass is 16.5. The zero-order valence-corrected chi connectivity index (χ0v) is 9.78. The molecular formula is C12H16O4. The van der Waals surface area contributed by atoms with Crippen LogP contribution in [-0.2, 0) is 19.1 Å². The fourth-order valence-electron chi connectivity index (χ4n) is 0.905. The molecule has 0 aliphatic rings. The predicted molar refractivity (Wildman–Crippen MR) is 60.4 cm³/mol. The molecule has 0 aromatic heterocycles. The molecule has 0 unspecified atom stereocenters. The summed E-state index contributed by atoms with van der Waals surface area (Å²) in [4.78, 5) is 21.9. The summed E-state index contributed by atoms with van der Waals surface area (Å²) in [5.41, 5.74) is 0.681. The van der Waals surface area contributed by atoms with Gasteiger partial charge < -0.3 is 9.47 Å². The minimum absolute atomic E-state index is 0.196. The molecule has 0 amide bonds. The van der Waals surface area contributed by atoms with Gasteiger partial charge in [0.1, 0.15) is 5.76 Å². The number of allylic oxidation sites excluding steroid dienone is 3. The van der Waals surface area contributed by atoms with Gasteiger partial charge >= 0.3 is 11.9 Å². The number of methoxy groups -OCH3 is 1. The second-order valence-corrected chi connectivity index (χ2v) is 3.04. The number of carbonyl (C=O) groups is 2. The number of carbonyl (C=O) groups excluding carboxylic acids is 2. The number of ether oxygens (including phenoxy) is 2. The lowest BCUT2D eigenvalue weighted by molar-refractivity contribution is -0.137. The van der Waals surface area contributed by atoms with Crippen molar-refractivity contribution in [2.45, 2.75) is 20.3 Å². The van der Waals surface area contributed by atoms with Gasteiger partial charge in [0, 0.05) is 6.92 Å². The molecule has 0 saturated heterocycles. The molecule has 0 saturated carbocycles. The molecule has 0 spiro atoms. The lowest BCUT2D eigenvalue weighted by Crippen LogP contribution is -2.04. The number of hydrogen-bond acceptors (Lipinski definition) is 4. The molecule has 0 heterocycles. The van der Waals surface area contributed by atoms with Crippen molar-refractivity contribution in [3.05, 3.63) is 36.1 Å². The molecular weight excluding hydrogens is 208 g/mol. The zero-order chi connectivity index (χ0) is 12.6. The first-order valence-electron chi connectivity index (χ1n) is 4.77. The van der Waals surface area contributed by atoms with Crippen LogP contribution in [0.15, 0.2) is 36.1 Å². The minimum atomic E-state index is -0.567. The van der Waals surface area contributed by atoms with Gasteiger partial charge in [-0.1, -0.05) is 12.2 Å². The average molecular weight is 224 g/mol. The third-order valence-corrected chi connectivity index (χ3v) is 1.68. The molecule has 0 N–H and O–H groups in total. The van der Waals surface area contributed by atoms with E-state index in [1.807, 2.05) is 0 Å². The predicted octanol–water partition coefficient (Wildman–Crippen LogP) is 2.13. The maximum absolute atomic E-state index is 11.0. The van der Waals surface area contributed by atoms with Crippen LogP contribution in [-0.4, -0.2) is 19.0 Å². The van der Waals surface area contributed by atoms with E-state index < -0.39 is 11.9 Å². The van der Waals surface area contributed by atoms with Gasteiger partial charge in [-0.05, 0) is 18.9 Å². The number of esters is 2. The molecule has 0 atom stereocenters. The van der Waals surface area contributed by atoms with Crippen molar-refractivity contribution in [3.63, 3.8) is 0 Å². The zero-order valence-electron chi connectivity index (χ0n) is 9.78. The standard InChI is InChI=1S/C12H16O4/c1-5-6-7-9(2)11(16-10(3)13)8-12(14)15-4/h5,7-8H,1,6H2,2-4H3. The maximum atomic E-state index is 11.0. The Hall–Kier alpha value is -1.84. The van der Waals surface area contributed by atoms with E-state index in [1.54, 1.807) is 19.1 Å². The van der Waals surface area contributed by atoms with Gasteiger partial charge in [0.2, 0.25) is 0 Å². The summed E-state index contributed by atoms with van der Waals surface area (Å²) in [7, 11) is 1.26. The first-order valence-corrected chi connectivity index (χ1v) is 4.77. The van der Waals surface area contributed by atoms with Crippen molar-refractivity contribution in [1.82, 2.24) is 0 Å². The van der Waals surface area contributed by atoms with Crippen molar-refractivity contribution in [3.8, 4) is 0 Å². The van der Waals surface area contributed by atoms with Gasteiger partial charge in [-0.2, -0.15) is 0 Å². The van der Waals surface area contributed by atoms with E-state index >= 15 is 0 Å². The normalized spacial score (nSPS) is 11.9. The van der Waals surface area contributed by atoms with E-state index in [2.05, 4.69) is 11.3 Å². The first-order chi connectivity index (χ1) is 7.51. The summed E-state index contributed by atoms with van der Waals surface area (Å²) in [6.07, 6.45) is 5.26. The second-order valence-electron chi connectivity index (χ2n) is 3.04. The fraction of sp³-hybridized carbons (Fsp3) is 0.333. The molecule has 0 fully saturated rings. The van der Waals surface area contributed by atoms with E-state index in [0.29, 0.717) is 12.0 Å². The highest BCUT2D eigenvalue weighted by Gasteiger charge is 2.07. The van der Waals surface area contributed by atoms with Gasteiger partial charge in [-0.15, -0.1) is 6.58 Å². The lowest BCUT2D eigenvalue weighted by atomic mass is 10.2. The van der Waals surface area contributed by atoms with Crippen LogP contribution in [0.2, 0.25) is 0 Å². The molecule has 88 valence electrons. The molecule has 0 aromatic rings. The Morgan fingerprint density at radius 1 is 1.31 bits per heavy atom. The van der Waals surface area contributed by atoms with Crippen LogP contribution in [0.5, 0.6) is 0 Å². The van der Waals surface area contributed by atoms with E-state index in [9.17, 15) is 9.59 Å². The molecule has 0 radical (unpaired) electrons. The van der Waals surface area contributed by atoms with Crippen molar-refractivity contribution in [2.75, 3.05) is 7.11 Å². The molecule has 4 heteroatoms. The third-order valence-electron chi connectivity index (χ3n) is 1.68. The Morgan fingerprint density at radius 3 is 2.38 bits per heavy atom. The molecule has 0 aliphatic carbocycles. The second kappa shape index (κ2) is 7.45. The lowest BCUT2D eigenvalue weighted by Gasteiger charge is -2.06. The van der Waals surface area contributed by atoms with Crippen molar-refractivity contribution < 1.29 is 19.1 Å². The summed E-state index contributed by atoms with van der Waals surface area (Å²) in [5.74, 6) is -0.856.